The summed E-state index contributed by atoms with van der Waals surface area (Å²) in [6.45, 7) is 17.0. The first-order chi connectivity index (χ1) is 20.1. The first-order valence-corrected chi connectivity index (χ1v) is 15.0. The molecule has 2 atom stereocenters. The molecule has 2 N–H and O–H groups in total. The lowest BCUT2D eigenvalue weighted by molar-refractivity contribution is -0.149. The van der Waals surface area contributed by atoms with Crippen molar-refractivity contribution in [3.05, 3.63) is 70.8 Å². The zero-order valence-electron chi connectivity index (χ0n) is 27.2. The van der Waals surface area contributed by atoms with Crippen LogP contribution >= 0.6 is 0 Å². The molecule has 9 heteroatoms. The number of aryl methyl sites for hydroxylation is 2. The van der Waals surface area contributed by atoms with Gasteiger partial charge in [-0.2, -0.15) is 0 Å². The number of amides is 3. The SMILES string of the molecule is CCOC(=O)CCNC(=O)C(c1ccc(C)c(C)c1)N(C(=O)C(Cc1ccccc1)NC(=O)OC(C)(C)C)C(C)(C)CC. The summed E-state index contributed by atoms with van der Waals surface area (Å²) in [6.07, 6.45) is -0.000990. The predicted molar refractivity (Wildman–Crippen MR) is 167 cm³/mol. The molecule has 2 aromatic rings. The Hall–Kier alpha value is -3.88. The maximum Gasteiger partial charge on any atom is 0.408 e. The molecule has 0 radical (unpaired) electrons. The van der Waals surface area contributed by atoms with Crippen molar-refractivity contribution < 1.29 is 28.7 Å². The topological polar surface area (TPSA) is 114 Å². The highest BCUT2D eigenvalue weighted by Gasteiger charge is 2.43. The second-order valence-electron chi connectivity index (χ2n) is 12.4. The summed E-state index contributed by atoms with van der Waals surface area (Å²) in [4.78, 5) is 55.2. The van der Waals surface area contributed by atoms with E-state index in [0.717, 1.165) is 16.7 Å². The normalized spacial score (nSPS) is 13.0. The van der Waals surface area contributed by atoms with Crippen LogP contribution in [0, 0.1) is 13.8 Å². The minimum atomic E-state index is -1.04. The molecule has 2 aromatic carbocycles. The van der Waals surface area contributed by atoms with Gasteiger partial charge in [0.1, 0.15) is 17.7 Å². The molecular weight excluding hydrogens is 546 g/mol. The van der Waals surface area contributed by atoms with Gasteiger partial charge in [-0.25, -0.2) is 4.79 Å². The van der Waals surface area contributed by atoms with Gasteiger partial charge in [-0.15, -0.1) is 0 Å². The molecule has 3 amide bonds. The van der Waals surface area contributed by atoms with Gasteiger partial charge in [0.2, 0.25) is 11.8 Å². The van der Waals surface area contributed by atoms with Gasteiger partial charge in [0.05, 0.1) is 13.0 Å². The molecule has 0 aliphatic rings. The van der Waals surface area contributed by atoms with Crippen LogP contribution in [0.2, 0.25) is 0 Å². The Morgan fingerprint density at radius 1 is 0.907 bits per heavy atom. The number of rotatable bonds is 13. The second kappa shape index (κ2) is 15.5. The smallest absolute Gasteiger partial charge is 0.408 e. The van der Waals surface area contributed by atoms with Gasteiger partial charge >= 0.3 is 12.1 Å². The number of carbonyl (C=O) groups is 4. The first kappa shape index (κ1) is 35.3. The van der Waals surface area contributed by atoms with E-state index in [2.05, 4.69) is 10.6 Å². The fourth-order valence-electron chi connectivity index (χ4n) is 4.58. The molecule has 0 bridgehead atoms. The number of nitrogens with one attached hydrogen (secondary N) is 2. The lowest BCUT2D eigenvalue weighted by Gasteiger charge is -2.44. The highest BCUT2D eigenvalue weighted by molar-refractivity contribution is 5.93. The number of ether oxygens (including phenoxy) is 2. The van der Waals surface area contributed by atoms with Crippen LogP contribution in [0.3, 0.4) is 0 Å². The Balaban J connectivity index is 2.62. The Kier molecular flexibility index (Phi) is 12.8. The maximum absolute atomic E-state index is 14.7. The van der Waals surface area contributed by atoms with Gasteiger partial charge in [-0.1, -0.05) is 55.5 Å². The third kappa shape index (κ3) is 10.7. The van der Waals surface area contributed by atoms with Crippen LogP contribution in [0.5, 0.6) is 0 Å². The Labute approximate surface area is 256 Å². The van der Waals surface area contributed by atoms with Gasteiger partial charge < -0.3 is 25.0 Å². The third-order valence-electron chi connectivity index (χ3n) is 7.31. The molecule has 0 aliphatic carbocycles. The standard InChI is InChI=1S/C34H49N3O6/c1-10-34(8,9)37(31(40)27(22-25-15-13-12-14-16-25)36-32(41)43-33(5,6)7)29(26-18-17-23(3)24(4)21-26)30(39)35-20-19-28(38)42-11-2/h12-18,21,27,29H,10-11,19-20,22H2,1-9H3,(H,35,39)(H,36,41). The summed E-state index contributed by atoms with van der Waals surface area (Å²) in [5, 5.41) is 5.64. The number of benzene rings is 2. The molecule has 2 unspecified atom stereocenters. The molecule has 0 aliphatic heterocycles. The summed E-state index contributed by atoms with van der Waals surface area (Å²) >= 11 is 0. The molecule has 43 heavy (non-hydrogen) atoms. The predicted octanol–water partition coefficient (Wildman–Crippen LogP) is 5.57. The summed E-state index contributed by atoms with van der Waals surface area (Å²) in [7, 11) is 0. The monoisotopic (exact) mass is 595 g/mol. The number of esters is 1. The fourth-order valence-corrected chi connectivity index (χ4v) is 4.58. The minimum absolute atomic E-state index is 0.00116. The van der Waals surface area contributed by atoms with E-state index in [4.69, 9.17) is 9.47 Å². The zero-order valence-corrected chi connectivity index (χ0v) is 27.2. The van der Waals surface area contributed by atoms with Crippen LogP contribution in [0.1, 0.15) is 89.6 Å². The van der Waals surface area contributed by atoms with Crippen molar-refractivity contribution in [2.24, 2.45) is 0 Å². The lowest BCUT2D eigenvalue weighted by atomic mass is 9.90. The van der Waals surface area contributed by atoms with Crippen LogP contribution in [-0.4, -0.2) is 59.1 Å². The fraction of sp³-hybridized carbons (Fsp3) is 0.529. The van der Waals surface area contributed by atoms with E-state index in [1.54, 1.807) is 32.6 Å². The largest absolute Gasteiger partial charge is 0.466 e. The summed E-state index contributed by atoms with van der Waals surface area (Å²) in [5.74, 6) is -1.28. The minimum Gasteiger partial charge on any atom is -0.466 e. The van der Waals surface area contributed by atoms with Crippen molar-refractivity contribution in [2.75, 3.05) is 13.2 Å². The number of alkyl carbamates (subject to hydrolysis) is 1. The van der Waals surface area contributed by atoms with Crippen LogP contribution in [0.15, 0.2) is 48.5 Å². The molecule has 9 nitrogen and oxygen atoms in total. The molecule has 236 valence electrons. The van der Waals surface area contributed by atoms with E-state index in [1.807, 2.05) is 83.1 Å². The average Bonchev–Trinajstić information content (AvgIpc) is 2.92. The van der Waals surface area contributed by atoms with Gasteiger partial charge in [-0.3, -0.25) is 14.4 Å². The molecule has 2 rings (SSSR count). The van der Waals surface area contributed by atoms with Crippen molar-refractivity contribution in [3.63, 3.8) is 0 Å². The molecule has 0 heterocycles. The van der Waals surface area contributed by atoms with Crippen molar-refractivity contribution in [1.82, 2.24) is 15.5 Å². The molecule has 0 aromatic heterocycles. The van der Waals surface area contributed by atoms with Gasteiger partial charge in [-0.05, 0) is 84.1 Å². The zero-order chi connectivity index (χ0) is 32.4. The quantitative estimate of drug-likeness (QED) is 0.293. The lowest BCUT2D eigenvalue weighted by Crippen LogP contribution is -2.60. The number of hydrogen-bond acceptors (Lipinski definition) is 6. The average molecular weight is 596 g/mol. The van der Waals surface area contributed by atoms with Crippen molar-refractivity contribution in [1.29, 1.82) is 0 Å². The number of hydrogen-bond donors (Lipinski definition) is 2. The van der Waals surface area contributed by atoms with Crippen molar-refractivity contribution in [3.8, 4) is 0 Å². The van der Waals surface area contributed by atoms with Crippen molar-refractivity contribution in [2.45, 2.75) is 105 Å². The number of carbonyl (C=O) groups excluding carboxylic acids is 4. The summed E-state index contributed by atoms with van der Waals surface area (Å²) in [5.41, 5.74) is 1.91. The number of nitrogens with zero attached hydrogens (tertiary/aromatic N) is 1. The Bertz CT molecular complexity index is 1250. The van der Waals surface area contributed by atoms with Gasteiger partial charge in [0.15, 0.2) is 0 Å². The summed E-state index contributed by atoms with van der Waals surface area (Å²) < 4.78 is 10.5. The Morgan fingerprint density at radius 2 is 1.56 bits per heavy atom. The van der Waals surface area contributed by atoms with Crippen LogP contribution in [0.4, 0.5) is 4.79 Å². The van der Waals surface area contributed by atoms with Crippen molar-refractivity contribution >= 4 is 23.9 Å². The highest BCUT2D eigenvalue weighted by Crippen LogP contribution is 2.33. The molecule has 0 spiro atoms. The molecule has 0 fully saturated rings. The van der Waals surface area contributed by atoms with E-state index in [1.165, 1.54) is 0 Å². The third-order valence-corrected chi connectivity index (χ3v) is 7.31. The Morgan fingerprint density at radius 3 is 2.12 bits per heavy atom. The van der Waals surface area contributed by atoms with Crippen LogP contribution < -0.4 is 10.6 Å². The second-order valence-corrected chi connectivity index (χ2v) is 12.4. The maximum atomic E-state index is 14.7. The van der Waals surface area contributed by atoms with Crippen LogP contribution in [0.25, 0.3) is 0 Å². The van der Waals surface area contributed by atoms with E-state index < -0.39 is 47.1 Å². The van der Waals surface area contributed by atoms with E-state index in [-0.39, 0.29) is 26.0 Å². The summed E-state index contributed by atoms with van der Waals surface area (Å²) in [6, 6.07) is 13.0. The molecular formula is C34H49N3O6. The van der Waals surface area contributed by atoms with Gasteiger partial charge in [0, 0.05) is 18.5 Å². The molecule has 0 saturated heterocycles. The van der Waals surface area contributed by atoms with Crippen LogP contribution in [-0.2, 0) is 30.3 Å². The van der Waals surface area contributed by atoms with E-state index in [9.17, 15) is 19.2 Å². The van der Waals surface area contributed by atoms with E-state index in [0.29, 0.717) is 12.0 Å². The highest BCUT2D eigenvalue weighted by atomic mass is 16.6. The first-order valence-electron chi connectivity index (χ1n) is 15.0. The van der Waals surface area contributed by atoms with Gasteiger partial charge in [0.25, 0.3) is 0 Å². The molecule has 0 saturated carbocycles. The van der Waals surface area contributed by atoms with E-state index >= 15 is 0 Å².